The van der Waals surface area contributed by atoms with Crippen molar-refractivity contribution in [3.05, 3.63) is 23.9 Å². The first-order valence-electron chi connectivity index (χ1n) is 5.40. The van der Waals surface area contributed by atoms with Crippen LogP contribution >= 0.6 is 0 Å². The molecule has 0 bridgehead atoms. The standard InChI is InChI=1S/C11H17N5/c1-9-5-4-6-10-13-11(14-16(9)10)15(3)8-7-12-2/h4-6,12H,7-8H2,1-3H3. The number of rotatable bonds is 4. The van der Waals surface area contributed by atoms with Crippen LogP contribution in [0.1, 0.15) is 5.69 Å². The monoisotopic (exact) mass is 219 g/mol. The van der Waals surface area contributed by atoms with Crippen LogP contribution in [0, 0.1) is 6.92 Å². The smallest absolute Gasteiger partial charge is 0.245 e. The molecule has 0 aliphatic heterocycles. The minimum atomic E-state index is 0.768. The molecule has 2 heterocycles. The Labute approximate surface area is 95.1 Å². The highest BCUT2D eigenvalue weighted by molar-refractivity contribution is 5.45. The summed E-state index contributed by atoms with van der Waals surface area (Å²) >= 11 is 0. The highest BCUT2D eigenvalue weighted by atomic mass is 15.4. The molecule has 0 radical (unpaired) electrons. The minimum absolute atomic E-state index is 0.768. The van der Waals surface area contributed by atoms with Gasteiger partial charge in [0.1, 0.15) is 0 Å². The number of hydrogen-bond donors (Lipinski definition) is 1. The Kier molecular flexibility index (Phi) is 3.05. The van der Waals surface area contributed by atoms with Crippen LogP contribution in [0.15, 0.2) is 18.2 Å². The van der Waals surface area contributed by atoms with Crippen molar-refractivity contribution in [2.24, 2.45) is 0 Å². The van der Waals surface area contributed by atoms with E-state index in [9.17, 15) is 0 Å². The molecular weight excluding hydrogens is 202 g/mol. The third-order valence-corrected chi connectivity index (χ3v) is 2.58. The molecule has 86 valence electrons. The van der Waals surface area contributed by atoms with Gasteiger partial charge in [-0.3, -0.25) is 0 Å². The summed E-state index contributed by atoms with van der Waals surface area (Å²) in [6, 6.07) is 5.99. The zero-order valence-corrected chi connectivity index (χ0v) is 9.94. The van der Waals surface area contributed by atoms with Gasteiger partial charge in [0.05, 0.1) is 0 Å². The molecule has 0 saturated carbocycles. The highest BCUT2D eigenvalue weighted by Gasteiger charge is 2.08. The van der Waals surface area contributed by atoms with Crippen LogP contribution in [0.4, 0.5) is 5.95 Å². The predicted molar refractivity (Wildman–Crippen MR) is 64.9 cm³/mol. The Bertz CT molecular complexity index is 476. The minimum Gasteiger partial charge on any atom is -0.341 e. The third kappa shape index (κ3) is 1.99. The van der Waals surface area contributed by atoms with Gasteiger partial charge in [-0.2, -0.15) is 4.98 Å². The lowest BCUT2D eigenvalue weighted by Crippen LogP contribution is -2.27. The van der Waals surface area contributed by atoms with Crippen molar-refractivity contribution >= 4 is 11.6 Å². The molecule has 2 rings (SSSR count). The summed E-state index contributed by atoms with van der Waals surface area (Å²) < 4.78 is 1.87. The van der Waals surface area contributed by atoms with Gasteiger partial charge in [0.2, 0.25) is 5.95 Å². The summed E-state index contributed by atoms with van der Waals surface area (Å²) in [5, 5.41) is 7.58. The predicted octanol–water partition coefficient (Wildman–Crippen LogP) is 0.693. The summed E-state index contributed by atoms with van der Waals surface area (Å²) in [7, 11) is 3.94. The lowest BCUT2D eigenvalue weighted by atomic mass is 10.4. The molecule has 0 spiro atoms. The second-order valence-electron chi connectivity index (χ2n) is 3.87. The first-order valence-corrected chi connectivity index (χ1v) is 5.40. The zero-order chi connectivity index (χ0) is 11.5. The van der Waals surface area contributed by atoms with E-state index >= 15 is 0 Å². The largest absolute Gasteiger partial charge is 0.341 e. The van der Waals surface area contributed by atoms with Gasteiger partial charge in [-0.15, -0.1) is 5.10 Å². The van der Waals surface area contributed by atoms with Crippen molar-refractivity contribution in [2.75, 3.05) is 32.1 Å². The van der Waals surface area contributed by atoms with E-state index in [2.05, 4.69) is 15.4 Å². The van der Waals surface area contributed by atoms with Crippen LogP contribution in [0.25, 0.3) is 5.65 Å². The molecule has 5 heteroatoms. The Morgan fingerprint density at radius 1 is 1.44 bits per heavy atom. The number of nitrogens with one attached hydrogen (secondary N) is 1. The maximum Gasteiger partial charge on any atom is 0.245 e. The topological polar surface area (TPSA) is 45.5 Å². The van der Waals surface area contributed by atoms with Crippen molar-refractivity contribution in [1.82, 2.24) is 19.9 Å². The van der Waals surface area contributed by atoms with E-state index in [1.54, 1.807) is 0 Å². The van der Waals surface area contributed by atoms with E-state index < -0.39 is 0 Å². The number of nitrogens with zero attached hydrogens (tertiary/aromatic N) is 4. The number of pyridine rings is 1. The van der Waals surface area contributed by atoms with Gasteiger partial charge in [-0.1, -0.05) is 6.07 Å². The van der Waals surface area contributed by atoms with Crippen LogP contribution in [-0.4, -0.2) is 41.8 Å². The number of anilines is 1. The van der Waals surface area contributed by atoms with Gasteiger partial charge in [-0.05, 0) is 26.1 Å². The van der Waals surface area contributed by atoms with Crippen molar-refractivity contribution < 1.29 is 0 Å². The number of aromatic nitrogens is 3. The fourth-order valence-corrected chi connectivity index (χ4v) is 1.57. The molecule has 0 fully saturated rings. The number of aryl methyl sites for hydroxylation is 1. The lowest BCUT2D eigenvalue weighted by Gasteiger charge is -2.13. The van der Waals surface area contributed by atoms with Crippen LogP contribution in [-0.2, 0) is 0 Å². The van der Waals surface area contributed by atoms with Gasteiger partial charge in [0.15, 0.2) is 5.65 Å². The number of likely N-dealkylation sites (N-methyl/N-ethyl adjacent to an activating group) is 2. The van der Waals surface area contributed by atoms with Crippen LogP contribution in [0.5, 0.6) is 0 Å². The Morgan fingerprint density at radius 2 is 2.25 bits per heavy atom. The van der Waals surface area contributed by atoms with E-state index in [-0.39, 0.29) is 0 Å². The lowest BCUT2D eigenvalue weighted by molar-refractivity contribution is 0.750. The van der Waals surface area contributed by atoms with Gasteiger partial charge >= 0.3 is 0 Å². The third-order valence-electron chi connectivity index (χ3n) is 2.58. The maximum absolute atomic E-state index is 4.48. The molecule has 16 heavy (non-hydrogen) atoms. The van der Waals surface area contributed by atoms with E-state index in [1.165, 1.54) is 0 Å². The first-order chi connectivity index (χ1) is 7.72. The summed E-state index contributed by atoms with van der Waals surface area (Å²) in [6.07, 6.45) is 0. The summed E-state index contributed by atoms with van der Waals surface area (Å²) in [4.78, 5) is 6.52. The Hall–Kier alpha value is -1.62. The molecule has 0 unspecified atom stereocenters. The molecule has 0 aromatic carbocycles. The Balaban J connectivity index is 2.29. The van der Waals surface area contributed by atoms with Gasteiger partial charge < -0.3 is 10.2 Å². The average molecular weight is 219 g/mol. The average Bonchev–Trinajstić information content (AvgIpc) is 2.71. The van der Waals surface area contributed by atoms with Crippen molar-refractivity contribution in [3.8, 4) is 0 Å². The van der Waals surface area contributed by atoms with Gasteiger partial charge in [0.25, 0.3) is 0 Å². The van der Waals surface area contributed by atoms with Crippen molar-refractivity contribution in [1.29, 1.82) is 0 Å². The molecule has 0 aliphatic carbocycles. The summed E-state index contributed by atoms with van der Waals surface area (Å²) in [6.45, 7) is 3.84. The van der Waals surface area contributed by atoms with Gasteiger partial charge in [0, 0.05) is 25.8 Å². The molecule has 0 saturated heterocycles. The maximum atomic E-state index is 4.48. The first kappa shape index (κ1) is 10.9. The second-order valence-corrected chi connectivity index (χ2v) is 3.87. The number of hydrogen-bond acceptors (Lipinski definition) is 4. The zero-order valence-electron chi connectivity index (χ0n) is 9.94. The molecule has 1 N–H and O–H groups in total. The molecule has 0 amide bonds. The quantitative estimate of drug-likeness (QED) is 0.822. The summed E-state index contributed by atoms with van der Waals surface area (Å²) in [5.41, 5.74) is 1.99. The summed E-state index contributed by atoms with van der Waals surface area (Å²) in [5.74, 6) is 0.768. The highest BCUT2D eigenvalue weighted by Crippen LogP contribution is 2.10. The van der Waals surface area contributed by atoms with E-state index in [1.807, 2.05) is 48.6 Å². The molecule has 0 aliphatic rings. The molecular formula is C11H17N5. The van der Waals surface area contributed by atoms with Crippen LogP contribution in [0.3, 0.4) is 0 Å². The normalized spacial score (nSPS) is 10.9. The molecule has 0 atom stereocenters. The SMILES string of the molecule is CNCCN(C)c1nc2cccc(C)n2n1. The van der Waals surface area contributed by atoms with Crippen LogP contribution in [0.2, 0.25) is 0 Å². The van der Waals surface area contributed by atoms with E-state index in [4.69, 9.17) is 0 Å². The fraction of sp³-hybridized carbons (Fsp3) is 0.455. The molecule has 2 aromatic heterocycles. The van der Waals surface area contributed by atoms with Gasteiger partial charge in [-0.25, -0.2) is 4.52 Å². The fourth-order valence-electron chi connectivity index (χ4n) is 1.57. The molecule has 2 aromatic rings. The van der Waals surface area contributed by atoms with Crippen molar-refractivity contribution in [2.45, 2.75) is 6.92 Å². The van der Waals surface area contributed by atoms with Crippen molar-refractivity contribution in [3.63, 3.8) is 0 Å². The van der Waals surface area contributed by atoms with Crippen LogP contribution < -0.4 is 10.2 Å². The Morgan fingerprint density at radius 3 is 2.94 bits per heavy atom. The molecule has 5 nitrogen and oxygen atoms in total. The number of fused-ring (bicyclic) bond motifs is 1. The second kappa shape index (κ2) is 4.49. The van der Waals surface area contributed by atoms with E-state index in [0.717, 1.165) is 30.4 Å². The van der Waals surface area contributed by atoms with E-state index in [0.29, 0.717) is 0 Å².